The SMILES string of the molecule is FCC1Cc2ccc(F)cc2CN1. The van der Waals surface area contributed by atoms with Crippen LogP contribution in [0.1, 0.15) is 11.1 Å². The predicted octanol–water partition coefficient (Wildman–Crippen LogP) is 1.81. The van der Waals surface area contributed by atoms with Gasteiger partial charge in [-0.1, -0.05) is 6.07 Å². The number of benzene rings is 1. The highest BCUT2D eigenvalue weighted by Gasteiger charge is 2.17. The van der Waals surface area contributed by atoms with Crippen molar-refractivity contribution >= 4 is 0 Å². The number of alkyl halides is 1. The monoisotopic (exact) mass is 183 g/mol. The van der Waals surface area contributed by atoms with E-state index in [1.54, 1.807) is 6.07 Å². The topological polar surface area (TPSA) is 12.0 Å². The van der Waals surface area contributed by atoms with Crippen LogP contribution in [0.25, 0.3) is 0 Å². The third-order valence-corrected chi connectivity index (χ3v) is 2.40. The molecule has 1 N–H and O–H groups in total. The fourth-order valence-corrected chi connectivity index (χ4v) is 1.66. The van der Waals surface area contributed by atoms with Crippen LogP contribution in [0.5, 0.6) is 0 Å². The van der Waals surface area contributed by atoms with Crippen molar-refractivity contribution in [2.24, 2.45) is 0 Å². The van der Waals surface area contributed by atoms with Crippen molar-refractivity contribution in [1.29, 1.82) is 0 Å². The molecule has 2 rings (SSSR count). The first kappa shape index (κ1) is 8.63. The molecule has 0 aliphatic carbocycles. The molecule has 1 nitrogen and oxygen atoms in total. The minimum atomic E-state index is -0.364. The number of hydrogen-bond donors (Lipinski definition) is 1. The van der Waals surface area contributed by atoms with E-state index < -0.39 is 0 Å². The summed E-state index contributed by atoms with van der Waals surface area (Å²) in [6, 6.07) is 4.59. The molecule has 1 unspecified atom stereocenters. The molecule has 13 heavy (non-hydrogen) atoms. The summed E-state index contributed by atoms with van der Waals surface area (Å²) in [6.45, 7) is 0.207. The molecule has 0 saturated heterocycles. The van der Waals surface area contributed by atoms with Crippen LogP contribution < -0.4 is 5.32 Å². The van der Waals surface area contributed by atoms with Gasteiger partial charge in [0.05, 0.1) is 0 Å². The van der Waals surface area contributed by atoms with Crippen molar-refractivity contribution in [1.82, 2.24) is 5.32 Å². The normalized spacial score (nSPS) is 21.2. The lowest BCUT2D eigenvalue weighted by atomic mass is 9.96. The highest BCUT2D eigenvalue weighted by molar-refractivity contribution is 5.30. The highest BCUT2D eigenvalue weighted by Crippen LogP contribution is 2.17. The summed E-state index contributed by atoms with van der Waals surface area (Å²) < 4.78 is 25.1. The lowest BCUT2D eigenvalue weighted by molar-refractivity contribution is 0.358. The van der Waals surface area contributed by atoms with Crippen molar-refractivity contribution in [2.75, 3.05) is 6.67 Å². The van der Waals surface area contributed by atoms with E-state index in [0.717, 1.165) is 11.1 Å². The maximum absolute atomic E-state index is 12.8. The summed E-state index contributed by atoms with van der Waals surface area (Å²) in [5.41, 5.74) is 2.01. The molecule has 0 spiro atoms. The molecule has 1 aromatic carbocycles. The quantitative estimate of drug-likeness (QED) is 0.700. The third-order valence-electron chi connectivity index (χ3n) is 2.40. The largest absolute Gasteiger partial charge is 0.307 e. The smallest absolute Gasteiger partial charge is 0.123 e. The van der Waals surface area contributed by atoms with E-state index in [2.05, 4.69) is 5.32 Å². The Balaban J connectivity index is 2.26. The number of nitrogens with one attached hydrogen (secondary N) is 1. The molecule has 70 valence electrons. The molecule has 1 aliphatic rings. The van der Waals surface area contributed by atoms with Gasteiger partial charge in [-0.2, -0.15) is 0 Å². The highest BCUT2D eigenvalue weighted by atomic mass is 19.1. The zero-order chi connectivity index (χ0) is 9.26. The molecule has 1 aliphatic heterocycles. The molecule has 1 aromatic rings. The predicted molar refractivity (Wildman–Crippen MR) is 46.7 cm³/mol. The van der Waals surface area contributed by atoms with E-state index in [1.807, 2.05) is 0 Å². The van der Waals surface area contributed by atoms with Gasteiger partial charge in [0.15, 0.2) is 0 Å². The van der Waals surface area contributed by atoms with Crippen LogP contribution in [0.2, 0.25) is 0 Å². The number of hydrogen-bond acceptors (Lipinski definition) is 1. The standard InChI is InChI=1S/C10H11F2N/c11-5-10-4-7-1-2-9(12)3-8(7)6-13-10/h1-3,10,13H,4-6H2. The van der Waals surface area contributed by atoms with Gasteiger partial charge in [-0.15, -0.1) is 0 Å². The Hall–Kier alpha value is -0.960. The first-order valence-corrected chi connectivity index (χ1v) is 4.36. The Morgan fingerprint density at radius 2 is 2.23 bits per heavy atom. The van der Waals surface area contributed by atoms with Crippen LogP contribution >= 0.6 is 0 Å². The Bertz CT molecular complexity index is 312. The molecule has 0 amide bonds. The van der Waals surface area contributed by atoms with Crippen LogP contribution in [0.3, 0.4) is 0 Å². The summed E-state index contributed by atoms with van der Waals surface area (Å²) in [6.07, 6.45) is 0.659. The fraction of sp³-hybridized carbons (Fsp3) is 0.400. The summed E-state index contributed by atoms with van der Waals surface area (Å²) in [4.78, 5) is 0. The van der Waals surface area contributed by atoms with Gasteiger partial charge in [0, 0.05) is 12.6 Å². The van der Waals surface area contributed by atoms with Gasteiger partial charge in [-0.05, 0) is 29.7 Å². The summed E-state index contributed by atoms with van der Waals surface area (Å²) in [5, 5.41) is 3.01. The van der Waals surface area contributed by atoms with Crippen molar-refractivity contribution in [3.05, 3.63) is 35.1 Å². The van der Waals surface area contributed by atoms with Gasteiger partial charge in [-0.3, -0.25) is 0 Å². The van der Waals surface area contributed by atoms with Gasteiger partial charge in [-0.25, -0.2) is 8.78 Å². The van der Waals surface area contributed by atoms with E-state index in [-0.39, 0.29) is 18.5 Å². The van der Waals surface area contributed by atoms with Gasteiger partial charge in [0.2, 0.25) is 0 Å². The molecular weight excluding hydrogens is 172 g/mol. The summed E-state index contributed by atoms with van der Waals surface area (Å²) in [5.74, 6) is -0.223. The minimum Gasteiger partial charge on any atom is -0.307 e. The second-order valence-corrected chi connectivity index (χ2v) is 3.35. The van der Waals surface area contributed by atoms with Gasteiger partial charge < -0.3 is 5.32 Å². The molecule has 0 bridgehead atoms. The molecule has 0 aromatic heterocycles. The first-order chi connectivity index (χ1) is 6.29. The van der Waals surface area contributed by atoms with Crippen molar-refractivity contribution in [2.45, 2.75) is 19.0 Å². The number of fused-ring (bicyclic) bond motifs is 1. The zero-order valence-electron chi connectivity index (χ0n) is 7.19. The average molecular weight is 183 g/mol. The van der Waals surface area contributed by atoms with Crippen molar-refractivity contribution in [3.8, 4) is 0 Å². The lowest BCUT2D eigenvalue weighted by Gasteiger charge is -2.23. The van der Waals surface area contributed by atoms with Crippen LogP contribution in [-0.2, 0) is 13.0 Å². The molecule has 0 radical (unpaired) electrons. The maximum atomic E-state index is 12.8. The number of rotatable bonds is 1. The Morgan fingerprint density at radius 1 is 1.38 bits per heavy atom. The van der Waals surface area contributed by atoms with Crippen LogP contribution in [0.15, 0.2) is 18.2 Å². The Kier molecular flexibility index (Phi) is 2.27. The second-order valence-electron chi connectivity index (χ2n) is 3.35. The lowest BCUT2D eigenvalue weighted by Crippen LogP contribution is -2.37. The molecule has 3 heteroatoms. The number of halogens is 2. The van der Waals surface area contributed by atoms with Crippen LogP contribution in [0.4, 0.5) is 8.78 Å². The minimum absolute atomic E-state index is 0.0991. The molecule has 0 saturated carbocycles. The van der Waals surface area contributed by atoms with E-state index in [0.29, 0.717) is 13.0 Å². The van der Waals surface area contributed by atoms with E-state index in [1.165, 1.54) is 12.1 Å². The molecule has 1 heterocycles. The van der Waals surface area contributed by atoms with Gasteiger partial charge >= 0.3 is 0 Å². The zero-order valence-corrected chi connectivity index (χ0v) is 7.19. The van der Waals surface area contributed by atoms with Crippen LogP contribution in [0, 0.1) is 5.82 Å². The Labute approximate surface area is 75.8 Å². The fourth-order valence-electron chi connectivity index (χ4n) is 1.66. The first-order valence-electron chi connectivity index (χ1n) is 4.36. The summed E-state index contributed by atoms with van der Waals surface area (Å²) in [7, 11) is 0. The summed E-state index contributed by atoms with van der Waals surface area (Å²) >= 11 is 0. The molecular formula is C10H11F2N. The van der Waals surface area contributed by atoms with E-state index in [4.69, 9.17) is 0 Å². The average Bonchev–Trinajstić information content (AvgIpc) is 2.17. The van der Waals surface area contributed by atoms with Gasteiger partial charge in [0.1, 0.15) is 12.5 Å². The van der Waals surface area contributed by atoms with Crippen LogP contribution in [-0.4, -0.2) is 12.7 Å². The molecule has 0 fully saturated rings. The second kappa shape index (κ2) is 3.42. The van der Waals surface area contributed by atoms with E-state index in [9.17, 15) is 8.78 Å². The van der Waals surface area contributed by atoms with Crippen molar-refractivity contribution in [3.63, 3.8) is 0 Å². The molecule has 1 atom stereocenters. The van der Waals surface area contributed by atoms with Crippen molar-refractivity contribution < 1.29 is 8.78 Å². The Morgan fingerprint density at radius 3 is 3.00 bits per heavy atom. The third kappa shape index (κ3) is 1.70. The van der Waals surface area contributed by atoms with Gasteiger partial charge in [0.25, 0.3) is 0 Å². The maximum Gasteiger partial charge on any atom is 0.123 e. The van der Waals surface area contributed by atoms with E-state index >= 15 is 0 Å².